The van der Waals surface area contributed by atoms with Gasteiger partial charge in [0.05, 0.1) is 18.9 Å². The molecule has 2 aliphatic rings. The van der Waals surface area contributed by atoms with Crippen LogP contribution in [-0.4, -0.2) is 56.3 Å². The monoisotopic (exact) mass is 501 g/mol. The van der Waals surface area contributed by atoms with Crippen molar-refractivity contribution < 1.29 is 32.6 Å². The first kappa shape index (κ1) is 25.6. The molecule has 2 heterocycles. The van der Waals surface area contributed by atoms with Crippen LogP contribution >= 0.6 is 0 Å². The van der Waals surface area contributed by atoms with Crippen molar-refractivity contribution in [3.05, 3.63) is 72.3 Å². The van der Waals surface area contributed by atoms with E-state index in [0.29, 0.717) is 6.61 Å². The molecule has 1 atom stereocenters. The number of halogens is 2. The molecule has 2 aliphatic heterocycles. The van der Waals surface area contributed by atoms with E-state index in [2.05, 4.69) is 6.58 Å². The maximum absolute atomic E-state index is 15.1. The molecule has 0 bridgehead atoms. The normalized spacial score (nSPS) is 17.8. The van der Waals surface area contributed by atoms with Crippen molar-refractivity contribution in [2.75, 3.05) is 42.9 Å². The standard InChI is InChI=1S/C26H29F2N3O5/c1-2-11-31(26(33)35-16-19-8-4-3-5-9-19)20-13-21(27)25(22(28)14-20)29-15-23(32)30(17-29)18-36-24-10-6-7-12-34-24/h2-5,8-9,13-14,24H,1,6-7,10-12,15-18H2. The zero-order chi connectivity index (χ0) is 25.5. The number of nitrogens with zero attached hydrogens (tertiary/aromatic N) is 3. The summed E-state index contributed by atoms with van der Waals surface area (Å²) in [6.07, 6.45) is 2.97. The van der Waals surface area contributed by atoms with Crippen LogP contribution in [0.15, 0.2) is 55.1 Å². The van der Waals surface area contributed by atoms with Gasteiger partial charge >= 0.3 is 6.09 Å². The Hall–Kier alpha value is -3.50. The van der Waals surface area contributed by atoms with Crippen LogP contribution in [0.4, 0.5) is 25.0 Å². The fourth-order valence-electron chi connectivity index (χ4n) is 4.10. The Morgan fingerprint density at radius 1 is 1.19 bits per heavy atom. The number of anilines is 2. The van der Waals surface area contributed by atoms with Crippen LogP contribution in [0.1, 0.15) is 24.8 Å². The summed E-state index contributed by atoms with van der Waals surface area (Å²) in [6, 6.07) is 11.2. The predicted octanol–water partition coefficient (Wildman–Crippen LogP) is 4.40. The SMILES string of the molecule is C=CCN(C(=O)OCc1ccccc1)c1cc(F)c(N2CC(=O)N(COC3CCCCO3)C2)c(F)c1. The highest BCUT2D eigenvalue weighted by Gasteiger charge is 2.32. The molecule has 8 nitrogen and oxygen atoms in total. The summed E-state index contributed by atoms with van der Waals surface area (Å²) >= 11 is 0. The van der Waals surface area contributed by atoms with Gasteiger partial charge in [-0.25, -0.2) is 13.6 Å². The van der Waals surface area contributed by atoms with Gasteiger partial charge in [0.25, 0.3) is 0 Å². The highest BCUT2D eigenvalue weighted by molar-refractivity contribution is 5.89. The molecule has 2 aromatic carbocycles. The predicted molar refractivity (Wildman–Crippen MR) is 129 cm³/mol. The molecule has 2 amide bonds. The molecule has 0 saturated carbocycles. The summed E-state index contributed by atoms with van der Waals surface area (Å²) in [6.45, 7) is 3.96. The summed E-state index contributed by atoms with van der Waals surface area (Å²) in [5, 5.41) is 0. The van der Waals surface area contributed by atoms with Crippen molar-refractivity contribution >= 4 is 23.4 Å². The Labute approximate surface area is 208 Å². The lowest BCUT2D eigenvalue weighted by molar-refractivity contribution is -0.184. The summed E-state index contributed by atoms with van der Waals surface area (Å²) in [7, 11) is 0. The first-order chi connectivity index (χ1) is 17.5. The van der Waals surface area contributed by atoms with Gasteiger partial charge in [-0.2, -0.15) is 0 Å². The van der Waals surface area contributed by atoms with E-state index in [0.717, 1.165) is 41.9 Å². The van der Waals surface area contributed by atoms with Crippen LogP contribution in [0.3, 0.4) is 0 Å². The molecule has 0 radical (unpaired) electrons. The molecule has 10 heteroatoms. The maximum atomic E-state index is 15.1. The van der Waals surface area contributed by atoms with Gasteiger partial charge in [0.15, 0.2) is 17.9 Å². The number of benzene rings is 2. The lowest BCUT2D eigenvalue weighted by atomic mass is 10.2. The van der Waals surface area contributed by atoms with Gasteiger partial charge in [-0.1, -0.05) is 36.4 Å². The second-order valence-corrected chi connectivity index (χ2v) is 8.56. The Morgan fingerprint density at radius 2 is 1.94 bits per heavy atom. The fraction of sp³-hybridized carbons (Fsp3) is 0.385. The van der Waals surface area contributed by atoms with Crippen molar-refractivity contribution in [2.45, 2.75) is 32.2 Å². The van der Waals surface area contributed by atoms with Crippen LogP contribution in [0.5, 0.6) is 0 Å². The zero-order valence-electron chi connectivity index (χ0n) is 19.9. The molecule has 0 N–H and O–H groups in total. The summed E-state index contributed by atoms with van der Waals surface area (Å²) in [4.78, 5) is 28.9. The van der Waals surface area contributed by atoms with E-state index in [-0.39, 0.29) is 56.7 Å². The lowest BCUT2D eigenvalue weighted by Gasteiger charge is -2.26. The Kier molecular flexibility index (Phi) is 8.50. The maximum Gasteiger partial charge on any atom is 0.414 e. The highest BCUT2D eigenvalue weighted by atomic mass is 19.1. The molecule has 2 aromatic rings. The topological polar surface area (TPSA) is 71.6 Å². The number of carbonyl (C=O) groups excluding carboxylic acids is 2. The average molecular weight is 502 g/mol. The van der Waals surface area contributed by atoms with Gasteiger partial charge in [0, 0.05) is 25.3 Å². The Bertz CT molecular complexity index is 1060. The number of carbonyl (C=O) groups is 2. The second kappa shape index (κ2) is 12.0. The second-order valence-electron chi connectivity index (χ2n) is 8.56. The van der Waals surface area contributed by atoms with Gasteiger partial charge in [-0.3, -0.25) is 14.6 Å². The Morgan fingerprint density at radius 3 is 2.61 bits per heavy atom. The van der Waals surface area contributed by atoms with Crippen LogP contribution in [0.2, 0.25) is 0 Å². The largest absolute Gasteiger partial charge is 0.444 e. The third kappa shape index (κ3) is 6.19. The van der Waals surface area contributed by atoms with Gasteiger partial charge in [-0.05, 0) is 24.8 Å². The highest BCUT2D eigenvalue weighted by Crippen LogP contribution is 2.31. The molecule has 2 saturated heterocycles. The fourth-order valence-corrected chi connectivity index (χ4v) is 4.10. The zero-order valence-corrected chi connectivity index (χ0v) is 19.9. The van der Waals surface area contributed by atoms with Crippen molar-refractivity contribution in [1.82, 2.24) is 4.90 Å². The van der Waals surface area contributed by atoms with Crippen molar-refractivity contribution in [3.63, 3.8) is 0 Å². The van der Waals surface area contributed by atoms with E-state index in [9.17, 15) is 9.59 Å². The first-order valence-electron chi connectivity index (χ1n) is 11.8. The number of ether oxygens (including phenoxy) is 3. The molecule has 36 heavy (non-hydrogen) atoms. The third-order valence-electron chi connectivity index (χ3n) is 5.94. The number of amides is 2. The van der Waals surface area contributed by atoms with Gasteiger partial charge < -0.3 is 19.1 Å². The van der Waals surface area contributed by atoms with Crippen LogP contribution < -0.4 is 9.80 Å². The molecule has 1 unspecified atom stereocenters. The van der Waals surface area contributed by atoms with Crippen LogP contribution in [0.25, 0.3) is 0 Å². The van der Waals surface area contributed by atoms with Crippen LogP contribution in [0, 0.1) is 11.6 Å². The molecule has 192 valence electrons. The van der Waals surface area contributed by atoms with Gasteiger partial charge in [-0.15, -0.1) is 6.58 Å². The van der Waals surface area contributed by atoms with Crippen molar-refractivity contribution in [2.24, 2.45) is 0 Å². The summed E-state index contributed by atoms with van der Waals surface area (Å²) in [5.41, 5.74) is 0.408. The minimum Gasteiger partial charge on any atom is -0.444 e. The number of hydrogen-bond acceptors (Lipinski definition) is 6. The van der Waals surface area contributed by atoms with Crippen LogP contribution in [-0.2, 0) is 25.6 Å². The quantitative estimate of drug-likeness (QED) is 0.475. The van der Waals surface area contributed by atoms with Crippen molar-refractivity contribution in [1.29, 1.82) is 0 Å². The summed E-state index contributed by atoms with van der Waals surface area (Å²) < 4.78 is 46.7. The average Bonchev–Trinajstić information content (AvgIpc) is 3.25. The van der Waals surface area contributed by atoms with E-state index in [1.807, 2.05) is 18.2 Å². The minimum atomic E-state index is -0.902. The van der Waals surface area contributed by atoms with Crippen molar-refractivity contribution in [3.8, 4) is 0 Å². The summed E-state index contributed by atoms with van der Waals surface area (Å²) in [5.74, 6) is -2.12. The molecular formula is C26H29F2N3O5. The number of hydrogen-bond donors (Lipinski definition) is 0. The molecule has 0 spiro atoms. The van der Waals surface area contributed by atoms with E-state index in [4.69, 9.17) is 14.2 Å². The molecule has 4 rings (SSSR count). The first-order valence-corrected chi connectivity index (χ1v) is 11.8. The van der Waals surface area contributed by atoms with E-state index >= 15 is 8.78 Å². The lowest BCUT2D eigenvalue weighted by Crippen LogP contribution is -2.34. The third-order valence-corrected chi connectivity index (χ3v) is 5.94. The van der Waals surface area contributed by atoms with E-state index in [1.54, 1.807) is 12.1 Å². The molecule has 0 aliphatic carbocycles. The molecule has 0 aromatic heterocycles. The number of rotatable bonds is 9. The van der Waals surface area contributed by atoms with E-state index < -0.39 is 17.7 Å². The smallest absolute Gasteiger partial charge is 0.414 e. The van der Waals surface area contributed by atoms with Gasteiger partial charge in [0.2, 0.25) is 5.91 Å². The van der Waals surface area contributed by atoms with Gasteiger partial charge in [0.1, 0.15) is 19.0 Å². The minimum absolute atomic E-state index is 0.00998. The Balaban J connectivity index is 1.43. The van der Waals surface area contributed by atoms with E-state index in [1.165, 1.54) is 15.9 Å². The molecular weight excluding hydrogens is 472 g/mol. The molecule has 2 fully saturated rings.